The van der Waals surface area contributed by atoms with Gasteiger partial charge in [-0.1, -0.05) is 19.0 Å². The topological polar surface area (TPSA) is 45.4 Å². The Bertz CT molecular complexity index is 544. The molecule has 1 aliphatic rings. The van der Waals surface area contributed by atoms with Crippen LogP contribution in [0, 0.1) is 0 Å². The SMILES string of the molecule is CC(C)c1noc(CN2CCN(Cc3ccsc3)CC2)n1. The molecule has 2 aromatic rings. The van der Waals surface area contributed by atoms with Crippen LogP contribution in [0.4, 0.5) is 0 Å². The lowest BCUT2D eigenvalue weighted by molar-refractivity contribution is 0.112. The van der Waals surface area contributed by atoms with Gasteiger partial charge in [0.25, 0.3) is 0 Å². The Hall–Kier alpha value is -1.24. The average Bonchev–Trinajstić information content (AvgIpc) is 3.12. The minimum absolute atomic E-state index is 0.324. The molecule has 5 nitrogen and oxygen atoms in total. The van der Waals surface area contributed by atoms with Crippen LogP contribution in [0.3, 0.4) is 0 Å². The molecule has 0 N–H and O–H groups in total. The van der Waals surface area contributed by atoms with Crippen molar-refractivity contribution in [2.24, 2.45) is 0 Å². The van der Waals surface area contributed by atoms with Crippen LogP contribution in [0.1, 0.15) is 37.0 Å². The zero-order valence-electron chi connectivity index (χ0n) is 12.7. The van der Waals surface area contributed by atoms with Crippen molar-refractivity contribution < 1.29 is 4.52 Å². The maximum atomic E-state index is 5.33. The number of aromatic nitrogens is 2. The van der Waals surface area contributed by atoms with Gasteiger partial charge < -0.3 is 4.52 Å². The maximum Gasteiger partial charge on any atom is 0.240 e. The largest absolute Gasteiger partial charge is 0.338 e. The van der Waals surface area contributed by atoms with Crippen molar-refractivity contribution in [2.45, 2.75) is 32.9 Å². The smallest absolute Gasteiger partial charge is 0.240 e. The van der Waals surface area contributed by atoms with Crippen molar-refractivity contribution in [1.29, 1.82) is 0 Å². The summed E-state index contributed by atoms with van der Waals surface area (Å²) >= 11 is 1.77. The molecule has 2 aromatic heterocycles. The highest BCUT2D eigenvalue weighted by Crippen LogP contribution is 2.14. The van der Waals surface area contributed by atoms with E-state index in [0.29, 0.717) is 5.92 Å². The van der Waals surface area contributed by atoms with Crippen LogP contribution in [0.2, 0.25) is 0 Å². The summed E-state index contributed by atoms with van der Waals surface area (Å²) in [5.74, 6) is 1.87. The molecule has 0 spiro atoms. The van der Waals surface area contributed by atoms with Gasteiger partial charge in [-0.05, 0) is 22.4 Å². The van der Waals surface area contributed by atoms with Gasteiger partial charge in [0.2, 0.25) is 5.89 Å². The number of rotatable bonds is 5. The minimum atomic E-state index is 0.324. The summed E-state index contributed by atoms with van der Waals surface area (Å²) in [5, 5.41) is 8.40. The Morgan fingerprint density at radius 2 is 1.90 bits per heavy atom. The zero-order chi connectivity index (χ0) is 14.7. The third kappa shape index (κ3) is 3.90. The van der Waals surface area contributed by atoms with E-state index in [4.69, 9.17) is 4.52 Å². The van der Waals surface area contributed by atoms with E-state index in [0.717, 1.165) is 51.0 Å². The van der Waals surface area contributed by atoms with Crippen LogP contribution < -0.4 is 0 Å². The van der Waals surface area contributed by atoms with Gasteiger partial charge in [-0.2, -0.15) is 16.3 Å². The average molecular weight is 306 g/mol. The summed E-state index contributed by atoms with van der Waals surface area (Å²) in [7, 11) is 0. The van der Waals surface area contributed by atoms with Crippen molar-refractivity contribution in [3.63, 3.8) is 0 Å². The Balaban J connectivity index is 1.47. The third-order valence-electron chi connectivity index (χ3n) is 3.81. The Labute approximate surface area is 129 Å². The van der Waals surface area contributed by atoms with Crippen molar-refractivity contribution in [1.82, 2.24) is 19.9 Å². The summed E-state index contributed by atoms with van der Waals surface area (Å²) in [6.45, 7) is 10.3. The summed E-state index contributed by atoms with van der Waals surface area (Å²) < 4.78 is 5.33. The second-order valence-electron chi connectivity index (χ2n) is 5.88. The van der Waals surface area contributed by atoms with E-state index >= 15 is 0 Å². The summed E-state index contributed by atoms with van der Waals surface area (Å²) in [4.78, 5) is 9.35. The number of thiophene rings is 1. The first kappa shape index (κ1) is 14.7. The van der Waals surface area contributed by atoms with E-state index in [1.807, 2.05) is 0 Å². The standard InChI is InChI=1S/C15H22N4OS/c1-12(2)15-16-14(20-17-15)10-19-6-4-18(5-7-19)9-13-3-8-21-11-13/h3,8,11-12H,4-7,9-10H2,1-2H3. The van der Waals surface area contributed by atoms with Crippen LogP contribution in [-0.2, 0) is 13.1 Å². The fourth-order valence-electron chi connectivity index (χ4n) is 2.50. The lowest BCUT2D eigenvalue weighted by atomic mass is 10.2. The monoisotopic (exact) mass is 306 g/mol. The van der Waals surface area contributed by atoms with Gasteiger partial charge in [-0.15, -0.1) is 0 Å². The molecule has 1 fully saturated rings. The second kappa shape index (κ2) is 6.68. The molecule has 0 saturated carbocycles. The van der Waals surface area contributed by atoms with Gasteiger partial charge in [0.15, 0.2) is 5.82 Å². The van der Waals surface area contributed by atoms with E-state index < -0.39 is 0 Å². The van der Waals surface area contributed by atoms with E-state index in [9.17, 15) is 0 Å². The molecule has 0 amide bonds. The molecule has 0 radical (unpaired) electrons. The molecule has 21 heavy (non-hydrogen) atoms. The van der Waals surface area contributed by atoms with Gasteiger partial charge in [0.1, 0.15) is 0 Å². The number of hydrogen-bond donors (Lipinski definition) is 0. The molecule has 0 atom stereocenters. The molecule has 0 aromatic carbocycles. The van der Waals surface area contributed by atoms with Crippen molar-refractivity contribution >= 4 is 11.3 Å². The lowest BCUT2D eigenvalue weighted by Crippen LogP contribution is -2.45. The molecule has 3 rings (SSSR count). The van der Waals surface area contributed by atoms with Crippen molar-refractivity contribution in [3.8, 4) is 0 Å². The molecule has 1 saturated heterocycles. The zero-order valence-corrected chi connectivity index (χ0v) is 13.5. The molecule has 0 aliphatic carbocycles. The quantitative estimate of drug-likeness (QED) is 0.849. The predicted octanol–water partition coefficient (Wildman–Crippen LogP) is 2.57. The van der Waals surface area contributed by atoms with E-state index in [1.165, 1.54) is 5.56 Å². The normalized spacial score (nSPS) is 17.7. The molecular weight excluding hydrogens is 284 g/mol. The van der Waals surface area contributed by atoms with Gasteiger partial charge in [0, 0.05) is 38.6 Å². The number of piperazine rings is 1. The molecule has 3 heterocycles. The Morgan fingerprint density at radius 3 is 2.48 bits per heavy atom. The molecule has 1 aliphatic heterocycles. The Kier molecular flexibility index (Phi) is 4.67. The Morgan fingerprint density at radius 1 is 1.19 bits per heavy atom. The van der Waals surface area contributed by atoms with Crippen LogP contribution in [0.15, 0.2) is 21.3 Å². The summed E-state index contributed by atoms with van der Waals surface area (Å²) in [6, 6.07) is 2.21. The van der Waals surface area contributed by atoms with E-state index in [1.54, 1.807) is 11.3 Å². The lowest BCUT2D eigenvalue weighted by Gasteiger charge is -2.33. The van der Waals surface area contributed by atoms with Gasteiger partial charge in [-0.25, -0.2) is 0 Å². The first-order valence-corrected chi connectivity index (χ1v) is 8.43. The first-order chi connectivity index (χ1) is 10.2. The fourth-order valence-corrected chi connectivity index (χ4v) is 3.16. The summed E-state index contributed by atoms with van der Waals surface area (Å²) in [5.41, 5.74) is 1.42. The van der Waals surface area contributed by atoms with Crippen molar-refractivity contribution in [3.05, 3.63) is 34.1 Å². The third-order valence-corrected chi connectivity index (χ3v) is 4.54. The van der Waals surface area contributed by atoms with Gasteiger partial charge in [-0.3, -0.25) is 9.80 Å². The van der Waals surface area contributed by atoms with E-state index in [2.05, 4.69) is 50.6 Å². The highest BCUT2D eigenvalue weighted by atomic mass is 32.1. The van der Waals surface area contributed by atoms with Crippen LogP contribution >= 0.6 is 11.3 Å². The van der Waals surface area contributed by atoms with Gasteiger partial charge in [0.05, 0.1) is 6.54 Å². The predicted molar refractivity (Wildman–Crippen MR) is 83.3 cm³/mol. The fraction of sp³-hybridized carbons (Fsp3) is 0.600. The second-order valence-corrected chi connectivity index (χ2v) is 6.66. The molecule has 0 bridgehead atoms. The highest BCUT2D eigenvalue weighted by Gasteiger charge is 2.19. The summed E-state index contributed by atoms with van der Waals surface area (Å²) in [6.07, 6.45) is 0. The van der Waals surface area contributed by atoms with Crippen LogP contribution in [0.25, 0.3) is 0 Å². The number of hydrogen-bond acceptors (Lipinski definition) is 6. The molecule has 114 valence electrons. The highest BCUT2D eigenvalue weighted by molar-refractivity contribution is 7.07. The number of nitrogens with zero attached hydrogens (tertiary/aromatic N) is 4. The minimum Gasteiger partial charge on any atom is -0.338 e. The molecule has 0 unspecified atom stereocenters. The molecule has 6 heteroatoms. The van der Waals surface area contributed by atoms with E-state index in [-0.39, 0.29) is 0 Å². The van der Waals surface area contributed by atoms with Crippen molar-refractivity contribution in [2.75, 3.05) is 26.2 Å². The van der Waals surface area contributed by atoms with Crippen LogP contribution in [0.5, 0.6) is 0 Å². The molecular formula is C15H22N4OS. The van der Waals surface area contributed by atoms with Gasteiger partial charge >= 0.3 is 0 Å². The van der Waals surface area contributed by atoms with Crippen LogP contribution in [-0.4, -0.2) is 46.1 Å². The first-order valence-electron chi connectivity index (χ1n) is 7.49. The maximum absolute atomic E-state index is 5.33.